The number of carboxylic acids is 1. The lowest BCUT2D eigenvalue weighted by Crippen LogP contribution is -2.38. The lowest BCUT2D eigenvalue weighted by atomic mass is 9.69. The van der Waals surface area contributed by atoms with Crippen molar-refractivity contribution in [1.82, 2.24) is 25.0 Å². The van der Waals surface area contributed by atoms with Gasteiger partial charge in [0.1, 0.15) is 32.2 Å². The minimum absolute atomic E-state index is 0.0430. The molecule has 1 atom stereocenters. The van der Waals surface area contributed by atoms with Gasteiger partial charge < -0.3 is 15.7 Å². The van der Waals surface area contributed by atoms with Crippen molar-refractivity contribution in [3.63, 3.8) is 0 Å². The molecule has 0 fully saturated rings. The molecule has 9 nitrogen and oxygen atoms in total. The van der Waals surface area contributed by atoms with Crippen LogP contribution in [-0.4, -0.2) is 50.4 Å². The van der Waals surface area contributed by atoms with Gasteiger partial charge in [0.15, 0.2) is 0 Å². The number of carbonyl (C=O) groups is 1. The second kappa shape index (κ2) is 9.95. The first-order valence-electron chi connectivity index (χ1n) is 11.3. The van der Waals surface area contributed by atoms with Crippen LogP contribution in [0.25, 0.3) is 10.9 Å². The summed E-state index contributed by atoms with van der Waals surface area (Å²) in [5.74, 6) is -0.345. The minimum Gasteiger partial charge on any atom is -0.480 e. The number of aliphatic carboxylic acids is 1. The Bertz CT molecular complexity index is 1420. The molecule has 36 heavy (non-hydrogen) atoms. The van der Waals surface area contributed by atoms with E-state index in [1.54, 1.807) is 18.3 Å². The molecule has 0 amide bonds. The van der Waals surface area contributed by atoms with Crippen LogP contribution < -0.4 is 10.6 Å². The normalized spacial score (nSPS) is 13.4. The van der Waals surface area contributed by atoms with Crippen LogP contribution in [0.2, 0.25) is 10.0 Å². The third-order valence-corrected chi connectivity index (χ3v) is 6.25. The molecule has 0 aliphatic carbocycles. The first-order chi connectivity index (χ1) is 17.0. The molecule has 2 aromatic heterocycles. The maximum atomic E-state index is 11.2. The monoisotopic (exact) mass is 525 g/mol. The van der Waals surface area contributed by atoms with Crippen molar-refractivity contribution in [2.75, 3.05) is 17.2 Å². The molecule has 12 heteroatoms. The van der Waals surface area contributed by atoms with Gasteiger partial charge in [0.05, 0.1) is 22.2 Å². The summed E-state index contributed by atoms with van der Waals surface area (Å²) >= 11 is 13.3. The Kier molecular flexibility index (Phi) is 7.11. The third-order valence-electron chi connectivity index (χ3n) is 5.63. The van der Waals surface area contributed by atoms with Gasteiger partial charge in [0.2, 0.25) is 0 Å². The van der Waals surface area contributed by atoms with Crippen LogP contribution in [-0.2, 0) is 16.8 Å². The average molecular weight is 526 g/mol. The summed E-state index contributed by atoms with van der Waals surface area (Å²) < 4.78 is 1.27. The minimum atomic E-state index is -1.02. The number of rotatable bonds is 8. The summed E-state index contributed by atoms with van der Waals surface area (Å²) in [4.78, 5) is 20.0. The zero-order valence-corrected chi connectivity index (χ0v) is 21.9. The van der Waals surface area contributed by atoms with Crippen LogP contribution in [0.5, 0.6) is 0 Å². The van der Waals surface area contributed by atoms with E-state index in [2.05, 4.69) is 51.7 Å². The number of hydrogen-bond acceptors (Lipinski definition) is 7. The summed E-state index contributed by atoms with van der Waals surface area (Å²) in [7, 11) is 1.90. The van der Waals surface area contributed by atoms with E-state index in [0.717, 1.165) is 10.9 Å². The molecule has 0 radical (unpaired) electrons. The highest BCUT2D eigenvalue weighted by Gasteiger charge is 2.34. The Morgan fingerprint density at radius 2 is 1.89 bits per heavy atom. The largest absolute Gasteiger partial charge is 0.480 e. The number of hydrogen-bond donors (Lipinski definition) is 3. The van der Waals surface area contributed by atoms with Gasteiger partial charge in [-0.05, 0) is 29.2 Å². The molecule has 2 heterocycles. The summed E-state index contributed by atoms with van der Waals surface area (Å²) in [6.45, 7) is 6.80. The van der Waals surface area contributed by atoms with Crippen LogP contribution in [0, 0.1) is 5.41 Å². The molecule has 2 aromatic carbocycles. The second-order valence-corrected chi connectivity index (χ2v) is 10.7. The number of anilines is 2. The van der Waals surface area contributed by atoms with Crippen molar-refractivity contribution in [2.24, 2.45) is 5.41 Å². The van der Waals surface area contributed by atoms with Crippen molar-refractivity contribution < 1.29 is 9.90 Å². The van der Waals surface area contributed by atoms with Gasteiger partial charge in [-0.2, -0.15) is 0 Å². The van der Waals surface area contributed by atoms with Crippen LogP contribution in [0.15, 0.2) is 48.9 Å². The summed E-state index contributed by atoms with van der Waals surface area (Å²) in [5.41, 5.74) is 1.60. The maximum absolute atomic E-state index is 11.2. The fourth-order valence-electron chi connectivity index (χ4n) is 3.85. The number of benzene rings is 2. The Morgan fingerprint density at radius 3 is 2.58 bits per heavy atom. The lowest BCUT2D eigenvalue weighted by Gasteiger charge is -2.32. The zero-order chi connectivity index (χ0) is 26.1. The van der Waals surface area contributed by atoms with E-state index < -0.39 is 11.4 Å². The van der Waals surface area contributed by atoms with E-state index in [1.807, 2.05) is 32.1 Å². The number of fused-ring (bicyclic) bond motifs is 1. The van der Waals surface area contributed by atoms with Crippen molar-refractivity contribution in [3.8, 4) is 0 Å². The van der Waals surface area contributed by atoms with Gasteiger partial charge in [-0.25, -0.2) is 14.6 Å². The molecular weight excluding hydrogens is 500 g/mol. The predicted octanol–water partition coefficient (Wildman–Crippen LogP) is 4.02. The molecule has 1 unspecified atom stereocenters. The van der Waals surface area contributed by atoms with E-state index in [-0.39, 0.29) is 12.0 Å². The van der Waals surface area contributed by atoms with Gasteiger partial charge in [0, 0.05) is 22.6 Å². The molecule has 0 aliphatic rings. The number of carboxylic acid groups (broad SMARTS) is 1. The quantitative estimate of drug-likeness (QED) is 0.295. The topological polar surface area (TPSA) is 118 Å². The fourth-order valence-corrected chi connectivity index (χ4v) is 4.45. The first kappa shape index (κ1) is 25.7. The second-order valence-electron chi connectivity index (χ2n) is 9.92. The highest BCUT2D eigenvalue weighted by Crippen LogP contribution is 2.37. The third kappa shape index (κ3) is 5.55. The van der Waals surface area contributed by atoms with Gasteiger partial charge in [-0.3, -0.25) is 4.79 Å². The highest BCUT2D eigenvalue weighted by molar-refractivity contribution is 6.36. The smallest absolute Gasteiger partial charge is 0.325 e. The number of nitrogens with one attached hydrogen (secondary N) is 2. The number of aromatic nitrogens is 5. The SMILES string of the molecule is BC(Nc1cc(Cl)c2ncnc(NCC(C)(C)C)c2c1)(c1cn(CC(=O)O)nn1)c1ccccc1Cl. The molecule has 3 N–H and O–H groups in total. The van der Waals surface area contributed by atoms with Gasteiger partial charge >= 0.3 is 5.97 Å². The summed E-state index contributed by atoms with van der Waals surface area (Å²) in [5, 5.41) is 26.1. The lowest BCUT2D eigenvalue weighted by molar-refractivity contribution is -0.137. The highest BCUT2D eigenvalue weighted by atomic mass is 35.5. The number of nitrogens with zero attached hydrogens (tertiary/aromatic N) is 5. The molecule has 4 aromatic rings. The van der Waals surface area contributed by atoms with E-state index >= 15 is 0 Å². The molecule has 186 valence electrons. The molecule has 0 aliphatic heterocycles. The zero-order valence-electron chi connectivity index (χ0n) is 20.4. The van der Waals surface area contributed by atoms with Crippen LogP contribution in [0.1, 0.15) is 32.0 Å². The Balaban J connectivity index is 1.81. The molecule has 0 bridgehead atoms. The Morgan fingerprint density at radius 1 is 1.14 bits per heavy atom. The van der Waals surface area contributed by atoms with E-state index in [1.165, 1.54) is 11.0 Å². The molecule has 4 rings (SSSR count). The Labute approximate surface area is 219 Å². The van der Waals surface area contributed by atoms with Gasteiger partial charge in [-0.1, -0.05) is 67.4 Å². The van der Waals surface area contributed by atoms with Crippen LogP contribution in [0.4, 0.5) is 11.5 Å². The van der Waals surface area contributed by atoms with Crippen LogP contribution in [0.3, 0.4) is 0 Å². The predicted molar refractivity (Wildman–Crippen MR) is 145 cm³/mol. The van der Waals surface area contributed by atoms with Gasteiger partial charge in [0.25, 0.3) is 0 Å². The van der Waals surface area contributed by atoms with Crippen molar-refractivity contribution >= 4 is 59.4 Å². The van der Waals surface area contributed by atoms with E-state index in [0.29, 0.717) is 39.3 Å². The molecule has 0 spiro atoms. The van der Waals surface area contributed by atoms with E-state index in [9.17, 15) is 4.79 Å². The van der Waals surface area contributed by atoms with Crippen molar-refractivity contribution in [1.29, 1.82) is 0 Å². The maximum Gasteiger partial charge on any atom is 0.325 e. The summed E-state index contributed by atoms with van der Waals surface area (Å²) in [6, 6.07) is 11.1. The van der Waals surface area contributed by atoms with Crippen molar-refractivity contribution in [2.45, 2.75) is 32.8 Å². The summed E-state index contributed by atoms with van der Waals surface area (Å²) in [6.07, 6.45) is 3.08. The standard InChI is InChI=1S/C24H26BCl2N7O2/c1-23(2,3)12-28-22-15-8-14(9-18(27)21(15)29-13-30-22)31-24(25,16-6-4-5-7-17(16)26)19-10-34(33-32-19)11-20(35)36/h4-10,13,31H,11-12,25H2,1-3H3,(H,35,36)(H,28,29,30). The fraction of sp³-hybridized carbons (Fsp3) is 0.292. The first-order valence-corrected chi connectivity index (χ1v) is 12.1. The van der Waals surface area contributed by atoms with Crippen molar-refractivity contribution in [3.05, 3.63) is 70.2 Å². The average Bonchev–Trinajstić information content (AvgIpc) is 3.26. The number of halogens is 2. The van der Waals surface area contributed by atoms with Crippen LogP contribution >= 0.6 is 23.2 Å². The van der Waals surface area contributed by atoms with E-state index in [4.69, 9.17) is 28.3 Å². The molecule has 0 saturated carbocycles. The van der Waals surface area contributed by atoms with Gasteiger partial charge in [-0.15, -0.1) is 5.10 Å². The molecule has 0 saturated heterocycles. The Hall–Kier alpha value is -3.37. The molecular formula is C24H26BCl2N7O2.